The van der Waals surface area contributed by atoms with E-state index in [0.717, 1.165) is 16.3 Å². The molecule has 2 amide bonds. The fourth-order valence-electron chi connectivity index (χ4n) is 2.88. The first-order valence-electron chi connectivity index (χ1n) is 7.83. The second-order valence-electron chi connectivity index (χ2n) is 5.94. The van der Waals surface area contributed by atoms with Crippen LogP contribution < -0.4 is 10.6 Å². The quantitative estimate of drug-likeness (QED) is 0.770. The number of hydrogen-bond donors (Lipinski definition) is 3. The van der Waals surface area contributed by atoms with Crippen molar-refractivity contribution in [3.63, 3.8) is 0 Å². The molecule has 6 nitrogen and oxygen atoms in total. The molecule has 0 aliphatic carbocycles. The first kappa shape index (κ1) is 16.0. The summed E-state index contributed by atoms with van der Waals surface area (Å²) in [7, 11) is 0. The number of nitrogens with one attached hydrogen (secondary N) is 2. The van der Waals surface area contributed by atoms with Crippen molar-refractivity contribution in [1.82, 2.24) is 10.6 Å². The topological polar surface area (TPSA) is 95.5 Å². The summed E-state index contributed by atoms with van der Waals surface area (Å²) in [5.41, 5.74) is 0.830. The molecule has 1 saturated heterocycles. The van der Waals surface area contributed by atoms with Crippen molar-refractivity contribution in [2.75, 3.05) is 0 Å². The van der Waals surface area contributed by atoms with Crippen molar-refractivity contribution in [2.45, 2.75) is 31.3 Å². The molecule has 1 aliphatic heterocycles. The molecule has 0 radical (unpaired) electrons. The van der Waals surface area contributed by atoms with Gasteiger partial charge in [0.1, 0.15) is 12.1 Å². The monoisotopic (exact) mass is 326 g/mol. The van der Waals surface area contributed by atoms with Crippen LogP contribution in [-0.2, 0) is 20.8 Å². The number of carbonyl (C=O) groups is 3. The molecule has 3 rings (SSSR count). The largest absolute Gasteiger partial charge is 0.480 e. The lowest BCUT2D eigenvalue weighted by Crippen LogP contribution is -2.49. The second-order valence-corrected chi connectivity index (χ2v) is 5.94. The van der Waals surface area contributed by atoms with E-state index in [-0.39, 0.29) is 12.3 Å². The van der Waals surface area contributed by atoms with Gasteiger partial charge in [-0.3, -0.25) is 9.59 Å². The van der Waals surface area contributed by atoms with Crippen molar-refractivity contribution in [2.24, 2.45) is 0 Å². The lowest BCUT2D eigenvalue weighted by molar-refractivity contribution is -0.142. The summed E-state index contributed by atoms with van der Waals surface area (Å²) in [5.74, 6) is -1.73. The van der Waals surface area contributed by atoms with Crippen LogP contribution in [0.5, 0.6) is 0 Å². The maximum absolute atomic E-state index is 12.1. The fraction of sp³-hybridized carbons (Fsp3) is 0.278. The van der Waals surface area contributed by atoms with E-state index < -0.39 is 24.0 Å². The number of rotatable bonds is 5. The lowest BCUT2D eigenvalue weighted by Gasteiger charge is -2.17. The molecule has 0 bridgehead atoms. The molecule has 1 fully saturated rings. The third-order valence-electron chi connectivity index (χ3n) is 4.18. The standard InChI is InChI=1S/C18H18N2O4/c21-16-8-7-14(19-16)17(22)20-15(18(23)24)10-11-5-6-12-3-1-2-4-13(12)9-11/h1-6,9,14-15H,7-8,10H2,(H,19,21)(H,20,22)(H,23,24)/t14-,15-/m1/s1. The summed E-state index contributed by atoms with van der Waals surface area (Å²) in [6, 6.07) is 11.9. The van der Waals surface area contributed by atoms with E-state index in [9.17, 15) is 19.5 Å². The summed E-state index contributed by atoms with van der Waals surface area (Å²) in [6.45, 7) is 0. The van der Waals surface area contributed by atoms with E-state index in [1.807, 2.05) is 42.5 Å². The Bertz CT molecular complexity index is 802. The number of aliphatic carboxylic acids is 1. The van der Waals surface area contributed by atoms with E-state index in [1.54, 1.807) is 0 Å². The predicted molar refractivity (Wildman–Crippen MR) is 88.4 cm³/mol. The number of fused-ring (bicyclic) bond motifs is 1. The van der Waals surface area contributed by atoms with Crippen LogP contribution in [0.4, 0.5) is 0 Å². The van der Waals surface area contributed by atoms with Gasteiger partial charge in [0.25, 0.3) is 0 Å². The molecular weight excluding hydrogens is 308 g/mol. The SMILES string of the molecule is O=C1CC[C@H](C(=O)N[C@H](Cc2ccc3ccccc3c2)C(=O)O)N1. The predicted octanol–water partition coefficient (Wildman–Crippen LogP) is 1.23. The Morgan fingerprint density at radius 3 is 2.62 bits per heavy atom. The first-order chi connectivity index (χ1) is 11.5. The molecular formula is C18H18N2O4. The fourth-order valence-corrected chi connectivity index (χ4v) is 2.88. The van der Waals surface area contributed by atoms with Crippen LogP contribution >= 0.6 is 0 Å². The number of benzene rings is 2. The molecule has 0 unspecified atom stereocenters. The minimum atomic E-state index is -1.10. The molecule has 24 heavy (non-hydrogen) atoms. The molecule has 2 aromatic carbocycles. The Labute approximate surface area is 138 Å². The third-order valence-corrected chi connectivity index (χ3v) is 4.18. The van der Waals surface area contributed by atoms with E-state index in [4.69, 9.17) is 0 Å². The molecule has 0 spiro atoms. The van der Waals surface area contributed by atoms with Crippen LogP contribution in [0, 0.1) is 0 Å². The summed E-state index contributed by atoms with van der Waals surface area (Å²) in [6.07, 6.45) is 0.875. The second kappa shape index (κ2) is 6.70. The third kappa shape index (κ3) is 3.53. The van der Waals surface area contributed by atoms with Crippen LogP contribution in [-0.4, -0.2) is 35.0 Å². The van der Waals surface area contributed by atoms with Crippen molar-refractivity contribution in [1.29, 1.82) is 0 Å². The van der Waals surface area contributed by atoms with Gasteiger partial charge in [0, 0.05) is 12.8 Å². The van der Waals surface area contributed by atoms with Crippen molar-refractivity contribution in [3.05, 3.63) is 48.0 Å². The normalized spacial score (nSPS) is 18.2. The Hall–Kier alpha value is -2.89. The highest BCUT2D eigenvalue weighted by molar-refractivity contribution is 5.93. The van der Waals surface area contributed by atoms with Gasteiger partial charge in [-0.1, -0.05) is 42.5 Å². The van der Waals surface area contributed by atoms with Gasteiger partial charge >= 0.3 is 5.97 Å². The van der Waals surface area contributed by atoms with Gasteiger partial charge in [0.15, 0.2) is 0 Å². The Morgan fingerprint density at radius 2 is 1.96 bits per heavy atom. The highest BCUT2D eigenvalue weighted by Crippen LogP contribution is 2.17. The van der Waals surface area contributed by atoms with Gasteiger partial charge in [-0.05, 0) is 22.8 Å². The summed E-state index contributed by atoms with van der Waals surface area (Å²) >= 11 is 0. The zero-order valence-electron chi connectivity index (χ0n) is 13.0. The van der Waals surface area contributed by atoms with Gasteiger partial charge in [-0.25, -0.2) is 4.79 Å². The van der Waals surface area contributed by atoms with Crippen LogP contribution in [0.15, 0.2) is 42.5 Å². The maximum Gasteiger partial charge on any atom is 0.326 e. The van der Waals surface area contributed by atoms with Crippen molar-refractivity contribution < 1.29 is 19.5 Å². The van der Waals surface area contributed by atoms with E-state index in [1.165, 1.54) is 0 Å². The van der Waals surface area contributed by atoms with Crippen molar-refractivity contribution in [3.8, 4) is 0 Å². The average Bonchev–Trinajstić information content (AvgIpc) is 3.00. The van der Waals surface area contributed by atoms with Gasteiger partial charge in [-0.2, -0.15) is 0 Å². The molecule has 2 atom stereocenters. The van der Waals surface area contributed by atoms with Crippen LogP contribution in [0.3, 0.4) is 0 Å². The van der Waals surface area contributed by atoms with Crippen molar-refractivity contribution >= 4 is 28.6 Å². The van der Waals surface area contributed by atoms with E-state index >= 15 is 0 Å². The molecule has 0 saturated carbocycles. The summed E-state index contributed by atoms with van der Waals surface area (Å²) < 4.78 is 0. The first-order valence-corrected chi connectivity index (χ1v) is 7.83. The molecule has 0 aromatic heterocycles. The Morgan fingerprint density at radius 1 is 1.21 bits per heavy atom. The molecule has 3 N–H and O–H groups in total. The van der Waals surface area contributed by atoms with E-state index in [0.29, 0.717) is 12.8 Å². The molecule has 2 aromatic rings. The lowest BCUT2D eigenvalue weighted by atomic mass is 10.0. The number of carboxylic acids is 1. The van der Waals surface area contributed by atoms with Crippen LogP contribution in [0.2, 0.25) is 0 Å². The smallest absolute Gasteiger partial charge is 0.326 e. The zero-order chi connectivity index (χ0) is 17.1. The summed E-state index contributed by atoms with van der Waals surface area (Å²) in [4.78, 5) is 34.8. The van der Waals surface area contributed by atoms with Gasteiger partial charge in [-0.15, -0.1) is 0 Å². The van der Waals surface area contributed by atoms with E-state index in [2.05, 4.69) is 10.6 Å². The van der Waals surface area contributed by atoms with Crippen LogP contribution in [0.1, 0.15) is 18.4 Å². The highest BCUT2D eigenvalue weighted by Gasteiger charge is 2.30. The van der Waals surface area contributed by atoms with Gasteiger partial charge in [0.2, 0.25) is 11.8 Å². The summed E-state index contributed by atoms with van der Waals surface area (Å²) in [5, 5.41) is 16.6. The number of amides is 2. The highest BCUT2D eigenvalue weighted by atomic mass is 16.4. The maximum atomic E-state index is 12.1. The molecule has 1 heterocycles. The van der Waals surface area contributed by atoms with Gasteiger partial charge < -0.3 is 15.7 Å². The number of carbonyl (C=O) groups excluding carboxylic acids is 2. The van der Waals surface area contributed by atoms with Crippen LogP contribution in [0.25, 0.3) is 10.8 Å². The molecule has 1 aliphatic rings. The van der Waals surface area contributed by atoms with Gasteiger partial charge in [0.05, 0.1) is 0 Å². The minimum Gasteiger partial charge on any atom is -0.480 e. The zero-order valence-corrected chi connectivity index (χ0v) is 13.0. The number of hydrogen-bond acceptors (Lipinski definition) is 3. The molecule has 124 valence electrons. The molecule has 6 heteroatoms. The number of carboxylic acid groups (broad SMARTS) is 1. The Balaban J connectivity index is 1.72. The average molecular weight is 326 g/mol. The Kier molecular flexibility index (Phi) is 4.46. The minimum absolute atomic E-state index is 0.184.